The molecule has 1 heterocycles. The molecule has 2 rings (SSSR count). The van der Waals surface area contributed by atoms with Gasteiger partial charge in [-0.1, -0.05) is 0 Å². The van der Waals surface area contributed by atoms with Gasteiger partial charge in [-0.25, -0.2) is 18.2 Å². The van der Waals surface area contributed by atoms with E-state index < -0.39 is 23.5 Å². The third-order valence-corrected chi connectivity index (χ3v) is 2.05. The summed E-state index contributed by atoms with van der Waals surface area (Å²) in [5.41, 5.74) is 5.02. The van der Waals surface area contributed by atoms with Crippen LogP contribution in [0.1, 0.15) is 11.6 Å². The fraction of sp³-hybridized carbons (Fsp3) is 0.222. The Labute approximate surface area is 83.4 Å². The molecular weight excluding hydrogens is 209 g/mol. The van der Waals surface area contributed by atoms with Crippen LogP contribution in [0, 0.1) is 17.5 Å². The number of hydrogen-bond acceptors (Lipinski definition) is 3. The predicted octanol–water partition coefficient (Wildman–Crippen LogP) is 1.49. The van der Waals surface area contributed by atoms with Crippen LogP contribution >= 0.6 is 0 Å². The van der Waals surface area contributed by atoms with Crippen LogP contribution in [0.2, 0.25) is 0 Å². The summed E-state index contributed by atoms with van der Waals surface area (Å²) in [7, 11) is 0. The smallest absolute Gasteiger partial charge is 0.282 e. The molecule has 3 nitrogen and oxygen atoms in total. The van der Waals surface area contributed by atoms with Crippen molar-refractivity contribution in [2.75, 3.05) is 6.61 Å². The van der Waals surface area contributed by atoms with Crippen LogP contribution in [-0.4, -0.2) is 12.6 Å². The Morgan fingerprint density at radius 1 is 1.33 bits per heavy atom. The van der Waals surface area contributed by atoms with Crippen molar-refractivity contribution in [2.45, 2.75) is 6.04 Å². The molecule has 0 aliphatic carbocycles. The van der Waals surface area contributed by atoms with Crippen molar-refractivity contribution in [1.82, 2.24) is 0 Å². The highest BCUT2D eigenvalue weighted by atomic mass is 19.2. The summed E-state index contributed by atoms with van der Waals surface area (Å²) in [5, 5.41) is 0. The molecule has 0 bridgehead atoms. The first-order valence-electron chi connectivity index (χ1n) is 4.18. The monoisotopic (exact) mass is 216 g/mol. The van der Waals surface area contributed by atoms with Gasteiger partial charge in [0.1, 0.15) is 18.5 Å². The zero-order valence-electron chi connectivity index (χ0n) is 7.51. The number of halogens is 3. The highest BCUT2D eigenvalue weighted by molar-refractivity contribution is 5.73. The lowest BCUT2D eigenvalue weighted by molar-refractivity contribution is 0.311. The van der Waals surface area contributed by atoms with E-state index in [0.29, 0.717) is 6.07 Å². The van der Waals surface area contributed by atoms with E-state index in [1.807, 2.05) is 0 Å². The Balaban J connectivity index is 2.44. The van der Waals surface area contributed by atoms with E-state index in [9.17, 15) is 13.2 Å². The number of benzene rings is 1. The third kappa shape index (κ3) is 1.74. The van der Waals surface area contributed by atoms with Gasteiger partial charge < -0.3 is 10.5 Å². The Bertz CT molecular complexity index is 434. The molecule has 15 heavy (non-hydrogen) atoms. The van der Waals surface area contributed by atoms with Crippen molar-refractivity contribution in [2.24, 2.45) is 10.7 Å². The van der Waals surface area contributed by atoms with E-state index in [0.717, 1.165) is 6.07 Å². The molecule has 0 saturated heterocycles. The van der Waals surface area contributed by atoms with E-state index in [1.165, 1.54) is 0 Å². The van der Waals surface area contributed by atoms with Crippen LogP contribution in [-0.2, 0) is 4.74 Å². The highest BCUT2D eigenvalue weighted by Gasteiger charge is 2.24. The van der Waals surface area contributed by atoms with Gasteiger partial charge in [-0.3, -0.25) is 0 Å². The van der Waals surface area contributed by atoms with E-state index in [-0.39, 0.29) is 18.2 Å². The molecular formula is C9H7F3N2O. The highest BCUT2D eigenvalue weighted by Crippen LogP contribution is 2.26. The lowest BCUT2D eigenvalue weighted by Gasteiger charge is -2.07. The van der Waals surface area contributed by atoms with Crippen LogP contribution in [0.3, 0.4) is 0 Å². The maximum Gasteiger partial charge on any atom is 0.282 e. The van der Waals surface area contributed by atoms with Gasteiger partial charge in [0.15, 0.2) is 11.6 Å². The average molecular weight is 216 g/mol. The van der Waals surface area contributed by atoms with Crippen molar-refractivity contribution in [3.05, 3.63) is 35.1 Å². The van der Waals surface area contributed by atoms with Gasteiger partial charge in [-0.05, 0) is 6.07 Å². The molecule has 1 aromatic rings. The van der Waals surface area contributed by atoms with E-state index in [4.69, 9.17) is 10.5 Å². The van der Waals surface area contributed by atoms with Crippen molar-refractivity contribution < 1.29 is 17.9 Å². The summed E-state index contributed by atoms with van der Waals surface area (Å²) in [6.07, 6.45) is 0. The van der Waals surface area contributed by atoms with Gasteiger partial charge in [0.2, 0.25) is 0 Å². The SMILES string of the molecule is NC1=N[C@H](c2cc(F)cc(F)c2F)CO1. The first-order valence-corrected chi connectivity index (χ1v) is 4.18. The van der Waals surface area contributed by atoms with Crippen LogP contribution in [0.25, 0.3) is 0 Å². The topological polar surface area (TPSA) is 47.6 Å². The van der Waals surface area contributed by atoms with Gasteiger partial charge >= 0.3 is 0 Å². The minimum Gasteiger partial charge on any atom is -0.463 e. The van der Waals surface area contributed by atoms with Crippen molar-refractivity contribution in [3.63, 3.8) is 0 Å². The minimum atomic E-state index is -1.24. The Kier molecular flexibility index (Phi) is 2.26. The maximum absolute atomic E-state index is 13.3. The molecule has 1 aliphatic heterocycles. The predicted molar refractivity (Wildman–Crippen MR) is 46.6 cm³/mol. The molecule has 0 saturated carbocycles. The minimum absolute atomic E-state index is 0.00829. The molecule has 1 aliphatic rings. The largest absolute Gasteiger partial charge is 0.463 e. The molecule has 1 atom stereocenters. The molecule has 0 fully saturated rings. The summed E-state index contributed by atoms with van der Waals surface area (Å²) in [6, 6.07) is 0.468. The summed E-state index contributed by atoms with van der Waals surface area (Å²) in [5.74, 6) is -3.22. The number of nitrogens with zero attached hydrogens (tertiary/aromatic N) is 1. The van der Waals surface area contributed by atoms with Gasteiger partial charge in [-0.2, -0.15) is 0 Å². The quantitative estimate of drug-likeness (QED) is 0.723. The lowest BCUT2D eigenvalue weighted by atomic mass is 10.1. The Morgan fingerprint density at radius 3 is 2.67 bits per heavy atom. The summed E-state index contributed by atoms with van der Waals surface area (Å²) < 4.78 is 43.7. The molecule has 80 valence electrons. The van der Waals surface area contributed by atoms with Crippen molar-refractivity contribution in [1.29, 1.82) is 0 Å². The molecule has 2 N–H and O–H groups in total. The van der Waals surface area contributed by atoms with Gasteiger partial charge in [0.25, 0.3) is 6.02 Å². The Hall–Kier alpha value is -1.72. The summed E-state index contributed by atoms with van der Waals surface area (Å²) in [6.45, 7) is -0.00829. The van der Waals surface area contributed by atoms with Crippen LogP contribution in [0.4, 0.5) is 13.2 Å². The number of amidine groups is 1. The second-order valence-electron chi connectivity index (χ2n) is 3.08. The van der Waals surface area contributed by atoms with E-state index in [1.54, 1.807) is 0 Å². The number of hydrogen-bond donors (Lipinski definition) is 1. The average Bonchev–Trinajstić information content (AvgIpc) is 2.58. The molecule has 0 radical (unpaired) electrons. The fourth-order valence-electron chi connectivity index (χ4n) is 1.37. The first kappa shape index (κ1) is 9.82. The Morgan fingerprint density at radius 2 is 2.07 bits per heavy atom. The number of aliphatic imine (C=N–C) groups is 1. The molecule has 1 aromatic carbocycles. The van der Waals surface area contributed by atoms with Crippen LogP contribution in [0.15, 0.2) is 17.1 Å². The molecule has 0 aromatic heterocycles. The molecule has 0 amide bonds. The van der Waals surface area contributed by atoms with Gasteiger partial charge in [0.05, 0.1) is 0 Å². The van der Waals surface area contributed by atoms with E-state index >= 15 is 0 Å². The molecule has 0 spiro atoms. The zero-order chi connectivity index (χ0) is 11.0. The van der Waals surface area contributed by atoms with Crippen molar-refractivity contribution >= 4 is 6.02 Å². The third-order valence-electron chi connectivity index (χ3n) is 2.05. The zero-order valence-corrected chi connectivity index (χ0v) is 7.51. The summed E-state index contributed by atoms with van der Waals surface area (Å²) >= 11 is 0. The lowest BCUT2D eigenvalue weighted by Crippen LogP contribution is -2.10. The fourth-order valence-corrected chi connectivity index (χ4v) is 1.37. The van der Waals surface area contributed by atoms with Crippen molar-refractivity contribution in [3.8, 4) is 0 Å². The molecule has 6 heteroatoms. The summed E-state index contributed by atoms with van der Waals surface area (Å²) in [4.78, 5) is 3.70. The first-order chi connectivity index (χ1) is 7.08. The molecule has 0 unspecified atom stereocenters. The van der Waals surface area contributed by atoms with Gasteiger partial charge in [0, 0.05) is 11.6 Å². The van der Waals surface area contributed by atoms with Gasteiger partial charge in [-0.15, -0.1) is 0 Å². The number of nitrogens with two attached hydrogens (primary N) is 1. The second-order valence-corrected chi connectivity index (χ2v) is 3.08. The normalized spacial score (nSPS) is 19.9. The maximum atomic E-state index is 13.3. The van der Waals surface area contributed by atoms with Crippen LogP contribution < -0.4 is 5.73 Å². The standard InChI is InChI=1S/C9H7F3N2O/c10-4-1-5(8(12)6(11)2-4)7-3-15-9(13)14-7/h1-2,7H,3H2,(H2,13,14)/t7-/m0/s1. The number of rotatable bonds is 1. The second kappa shape index (κ2) is 3.45. The van der Waals surface area contributed by atoms with E-state index in [2.05, 4.69) is 4.99 Å². The number of ether oxygens (including phenoxy) is 1. The van der Waals surface area contributed by atoms with Crippen LogP contribution in [0.5, 0.6) is 0 Å².